The van der Waals surface area contributed by atoms with Crippen LogP contribution in [0.25, 0.3) is 4.96 Å². The second-order valence-electron chi connectivity index (χ2n) is 4.40. The standard InChI is InChI=1S/C13H13N3O2S/c1-2-9-4-3-5-15(9)12(18)10-8-11(17)14-13-16(10)6-7-19-13/h3-4,6-9H,2,5H2,1H3. The summed E-state index contributed by atoms with van der Waals surface area (Å²) in [6.07, 6.45) is 6.66. The minimum Gasteiger partial charge on any atom is -0.327 e. The second kappa shape index (κ2) is 4.62. The van der Waals surface area contributed by atoms with E-state index in [0.29, 0.717) is 17.2 Å². The number of aromatic nitrogens is 2. The lowest BCUT2D eigenvalue weighted by molar-refractivity contribution is 0.0740. The first-order valence-electron chi connectivity index (χ1n) is 6.15. The van der Waals surface area contributed by atoms with Gasteiger partial charge in [0.05, 0.1) is 6.04 Å². The van der Waals surface area contributed by atoms with Gasteiger partial charge in [0.25, 0.3) is 11.5 Å². The Hall–Kier alpha value is -1.95. The van der Waals surface area contributed by atoms with Crippen LogP contribution in [0.2, 0.25) is 0 Å². The number of carbonyl (C=O) groups is 1. The van der Waals surface area contributed by atoms with Gasteiger partial charge in [0, 0.05) is 24.2 Å². The third-order valence-corrected chi connectivity index (χ3v) is 4.03. The fraction of sp³-hybridized carbons (Fsp3) is 0.308. The van der Waals surface area contributed by atoms with E-state index in [4.69, 9.17) is 0 Å². The first-order chi connectivity index (χ1) is 9.20. The Kier molecular flexibility index (Phi) is 2.94. The maximum atomic E-state index is 12.6. The molecule has 2 aromatic heterocycles. The summed E-state index contributed by atoms with van der Waals surface area (Å²) in [7, 11) is 0. The van der Waals surface area contributed by atoms with Crippen LogP contribution in [0.5, 0.6) is 0 Å². The number of hydrogen-bond donors (Lipinski definition) is 0. The Bertz CT molecular complexity index is 716. The molecule has 1 unspecified atom stereocenters. The van der Waals surface area contributed by atoms with Crippen LogP contribution >= 0.6 is 11.3 Å². The summed E-state index contributed by atoms with van der Waals surface area (Å²) in [5.41, 5.74) is 0.0180. The zero-order chi connectivity index (χ0) is 13.4. The van der Waals surface area contributed by atoms with Crippen LogP contribution in [0.1, 0.15) is 23.8 Å². The molecule has 0 saturated heterocycles. The predicted molar refractivity (Wildman–Crippen MR) is 73.6 cm³/mol. The molecule has 0 aromatic carbocycles. The monoisotopic (exact) mass is 275 g/mol. The van der Waals surface area contributed by atoms with Crippen molar-refractivity contribution in [2.45, 2.75) is 19.4 Å². The van der Waals surface area contributed by atoms with E-state index in [1.807, 2.05) is 24.5 Å². The Morgan fingerprint density at radius 3 is 3.21 bits per heavy atom. The average molecular weight is 275 g/mol. The van der Waals surface area contributed by atoms with E-state index in [0.717, 1.165) is 6.42 Å². The lowest BCUT2D eigenvalue weighted by Gasteiger charge is -2.23. The van der Waals surface area contributed by atoms with Crippen LogP contribution in [0, 0.1) is 0 Å². The molecule has 0 radical (unpaired) electrons. The van der Waals surface area contributed by atoms with Crippen molar-refractivity contribution in [1.82, 2.24) is 14.3 Å². The lowest BCUT2D eigenvalue weighted by atomic mass is 10.2. The highest BCUT2D eigenvalue weighted by molar-refractivity contribution is 7.15. The number of rotatable bonds is 2. The van der Waals surface area contributed by atoms with Crippen LogP contribution in [0.15, 0.2) is 34.6 Å². The largest absolute Gasteiger partial charge is 0.327 e. The van der Waals surface area contributed by atoms with Crippen LogP contribution in [0.3, 0.4) is 0 Å². The van der Waals surface area contributed by atoms with Gasteiger partial charge in [-0.05, 0) is 6.42 Å². The van der Waals surface area contributed by atoms with Gasteiger partial charge in [0.15, 0.2) is 4.96 Å². The fourth-order valence-corrected chi connectivity index (χ4v) is 3.04. The molecule has 1 aliphatic heterocycles. The first kappa shape index (κ1) is 12.1. The normalized spacial score (nSPS) is 18.4. The van der Waals surface area contributed by atoms with E-state index in [1.54, 1.807) is 15.5 Å². The highest BCUT2D eigenvalue weighted by atomic mass is 32.1. The molecule has 6 heteroatoms. The minimum absolute atomic E-state index is 0.116. The minimum atomic E-state index is -0.369. The Morgan fingerprint density at radius 1 is 1.58 bits per heavy atom. The SMILES string of the molecule is CCC1C=CCN1C(=O)c1cc(=O)nc2sccn12. The molecule has 0 aliphatic carbocycles. The van der Waals surface area contributed by atoms with Gasteiger partial charge in [0.2, 0.25) is 0 Å². The topological polar surface area (TPSA) is 54.7 Å². The van der Waals surface area contributed by atoms with Crippen LogP contribution in [-0.4, -0.2) is 32.8 Å². The summed E-state index contributed by atoms with van der Waals surface area (Å²) in [5, 5.41) is 1.82. The molecule has 3 rings (SSSR count). The number of nitrogens with zero attached hydrogens (tertiary/aromatic N) is 3. The molecule has 19 heavy (non-hydrogen) atoms. The Morgan fingerprint density at radius 2 is 2.42 bits per heavy atom. The second-order valence-corrected chi connectivity index (χ2v) is 5.27. The number of hydrogen-bond acceptors (Lipinski definition) is 4. The third kappa shape index (κ3) is 1.98. The summed E-state index contributed by atoms with van der Waals surface area (Å²) in [6.45, 7) is 2.64. The molecular weight excluding hydrogens is 262 g/mol. The van der Waals surface area contributed by atoms with Crippen molar-refractivity contribution in [3.8, 4) is 0 Å². The molecule has 1 amide bonds. The van der Waals surface area contributed by atoms with E-state index in [9.17, 15) is 9.59 Å². The fourth-order valence-electron chi connectivity index (χ4n) is 2.32. The smallest absolute Gasteiger partial charge is 0.274 e. The van der Waals surface area contributed by atoms with Crippen molar-refractivity contribution in [3.63, 3.8) is 0 Å². The molecule has 5 nitrogen and oxygen atoms in total. The van der Waals surface area contributed by atoms with Crippen LogP contribution in [-0.2, 0) is 0 Å². The van der Waals surface area contributed by atoms with Gasteiger partial charge in [-0.2, -0.15) is 4.98 Å². The van der Waals surface area contributed by atoms with Crippen LogP contribution in [0.4, 0.5) is 0 Å². The van der Waals surface area contributed by atoms with Crippen molar-refractivity contribution in [2.75, 3.05) is 6.54 Å². The van der Waals surface area contributed by atoms with E-state index in [1.165, 1.54) is 17.4 Å². The first-order valence-corrected chi connectivity index (χ1v) is 7.03. The maximum Gasteiger partial charge on any atom is 0.274 e. The quantitative estimate of drug-likeness (QED) is 0.781. The molecule has 0 N–H and O–H groups in total. The van der Waals surface area contributed by atoms with Gasteiger partial charge in [-0.25, -0.2) is 0 Å². The molecule has 98 valence electrons. The summed E-state index contributed by atoms with van der Waals surface area (Å²) >= 11 is 1.35. The van der Waals surface area contributed by atoms with Crippen LogP contribution < -0.4 is 5.56 Å². The molecule has 0 saturated carbocycles. The highest BCUT2D eigenvalue weighted by Crippen LogP contribution is 2.18. The molecule has 0 fully saturated rings. The average Bonchev–Trinajstić information content (AvgIpc) is 3.04. The lowest BCUT2D eigenvalue weighted by Crippen LogP contribution is -2.37. The molecule has 0 spiro atoms. The Labute approximate surface area is 113 Å². The number of carbonyl (C=O) groups excluding carboxylic acids is 1. The number of thiazole rings is 1. The molecular formula is C13H13N3O2S. The van der Waals surface area contributed by atoms with Crippen molar-refractivity contribution in [1.29, 1.82) is 0 Å². The number of fused-ring (bicyclic) bond motifs is 1. The van der Waals surface area contributed by atoms with Gasteiger partial charge >= 0.3 is 0 Å². The predicted octanol–water partition coefficient (Wildman–Crippen LogP) is 1.55. The van der Waals surface area contributed by atoms with E-state index in [-0.39, 0.29) is 17.5 Å². The highest BCUT2D eigenvalue weighted by Gasteiger charge is 2.26. The van der Waals surface area contributed by atoms with Gasteiger partial charge in [-0.15, -0.1) is 11.3 Å². The van der Waals surface area contributed by atoms with Crippen molar-refractivity contribution >= 4 is 22.2 Å². The summed E-state index contributed by atoms with van der Waals surface area (Å²) in [6, 6.07) is 1.43. The van der Waals surface area contributed by atoms with E-state index in [2.05, 4.69) is 4.98 Å². The molecule has 2 aromatic rings. The molecule has 1 aliphatic rings. The van der Waals surface area contributed by atoms with Gasteiger partial charge in [0.1, 0.15) is 5.69 Å². The zero-order valence-electron chi connectivity index (χ0n) is 10.4. The van der Waals surface area contributed by atoms with Gasteiger partial charge in [-0.1, -0.05) is 19.1 Å². The summed E-state index contributed by atoms with van der Waals surface area (Å²) in [5.74, 6) is -0.121. The van der Waals surface area contributed by atoms with E-state index >= 15 is 0 Å². The van der Waals surface area contributed by atoms with Crippen molar-refractivity contribution < 1.29 is 4.79 Å². The maximum absolute atomic E-state index is 12.6. The summed E-state index contributed by atoms with van der Waals surface area (Å²) < 4.78 is 1.68. The van der Waals surface area contributed by atoms with Crippen molar-refractivity contribution in [3.05, 3.63) is 45.8 Å². The van der Waals surface area contributed by atoms with Crippen molar-refractivity contribution in [2.24, 2.45) is 0 Å². The molecule has 3 heterocycles. The number of amides is 1. The van der Waals surface area contributed by atoms with E-state index < -0.39 is 0 Å². The Balaban J connectivity index is 2.07. The third-order valence-electron chi connectivity index (χ3n) is 3.27. The molecule has 0 bridgehead atoms. The van der Waals surface area contributed by atoms with Gasteiger partial charge in [-0.3, -0.25) is 14.0 Å². The molecule has 1 atom stereocenters. The zero-order valence-corrected chi connectivity index (χ0v) is 11.3. The van der Waals surface area contributed by atoms with Gasteiger partial charge < -0.3 is 4.90 Å². The summed E-state index contributed by atoms with van der Waals surface area (Å²) in [4.78, 5) is 30.4.